The van der Waals surface area contributed by atoms with Gasteiger partial charge in [-0.3, -0.25) is 0 Å². The van der Waals surface area contributed by atoms with Crippen LogP contribution in [-0.4, -0.2) is 16.8 Å². The van der Waals surface area contributed by atoms with Gasteiger partial charge in [-0.1, -0.05) is 38.7 Å². The van der Waals surface area contributed by atoms with Gasteiger partial charge in [-0.2, -0.15) is 0 Å². The van der Waals surface area contributed by atoms with Gasteiger partial charge in [-0.25, -0.2) is 0 Å². The summed E-state index contributed by atoms with van der Waals surface area (Å²) in [5, 5.41) is 23.1. The molecule has 112 valence electrons. The highest BCUT2D eigenvalue weighted by Crippen LogP contribution is 2.33. The average molecular weight is 277 g/mol. The van der Waals surface area contributed by atoms with Crippen molar-refractivity contribution in [3.8, 4) is 11.5 Å². The van der Waals surface area contributed by atoms with Crippen LogP contribution >= 0.6 is 0 Å². The first-order chi connectivity index (χ1) is 9.58. The van der Waals surface area contributed by atoms with E-state index in [4.69, 9.17) is 0 Å². The van der Waals surface area contributed by atoms with Crippen LogP contribution in [-0.2, 0) is 0 Å². The molecule has 1 atom stereocenters. The summed E-state index contributed by atoms with van der Waals surface area (Å²) in [7, 11) is 0. The van der Waals surface area contributed by atoms with Crippen LogP contribution in [0.1, 0.15) is 57.6 Å². The lowest BCUT2D eigenvalue weighted by Crippen LogP contribution is -2.23. The maximum Gasteiger partial charge on any atom is 0.124 e. The molecule has 1 aliphatic carbocycles. The number of nitrogens with one attached hydrogen (secondary N) is 1. The van der Waals surface area contributed by atoms with Gasteiger partial charge in [0.05, 0.1) is 5.56 Å². The van der Waals surface area contributed by atoms with E-state index in [2.05, 4.69) is 12.2 Å². The smallest absolute Gasteiger partial charge is 0.124 e. The van der Waals surface area contributed by atoms with E-state index < -0.39 is 0 Å². The summed E-state index contributed by atoms with van der Waals surface area (Å²) in [6.45, 7) is 5.27. The molecular formula is C17H27NO2. The van der Waals surface area contributed by atoms with E-state index in [9.17, 15) is 10.2 Å². The molecule has 0 bridgehead atoms. The second-order valence-corrected chi connectivity index (χ2v) is 6.30. The molecule has 3 heteroatoms. The van der Waals surface area contributed by atoms with Crippen LogP contribution in [0.25, 0.3) is 0 Å². The molecule has 1 aromatic carbocycles. The van der Waals surface area contributed by atoms with Crippen molar-refractivity contribution in [2.75, 3.05) is 6.54 Å². The van der Waals surface area contributed by atoms with Gasteiger partial charge in [0.2, 0.25) is 0 Å². The monoisotopic (exact) mass is 277 g/mol. The molecule has 0 amide bonds. The molecule has 0 aromatic heterocycles. The lowest BCUT2D eigenvalue weighted by atomic mass is 9.81. The first-order valence-corrected chi connectivity index (χ1v) is 7.82. The third kappa shape index (κ3) is 3.89. The van der Waals surface area contributed by atoms with Gasteiger partial charge in [0.1, 0.15) is 11.5 Å². The Hall–Kier alpha value is -1.22. The molecule has 1 fully saturated rings. The predicted octanol–water partition coefficient (Wildman–Crippen LogP) is 3.96. The van der Waals surface area contributed by atoms with E-state index in [1.807, 2.05) is 6.92 Å². The van der Waals surface area contributed by atoms with Gasteiger partial charge in [0, 0.05) is 6.04 Å². The second kappa shape index (κ2) is 6.98. The molecule has 0 aliphatic heterocycles. The Bertz CT molecular complexity index is 405. The Morgan fingerprint density at radius 1 is 1.15 bits per heavy atom. The molecule has 3 nitrogen and oxygen atoms in total. The van der Waals surface area contributed by atoms with E-state index in [1.54, 1.807) is 18.2 Å². The minimum atomic E-state index is -0.0290. The number of phenols is 2. The largest absolute Gasteiger partial charge is 0.507 e. The predicted molar refractivity (Wildman–Crippen MR) is 81.9 cm³/mol. The van der Waals surface area contributed by atoms with Crippen molar-refractivity contribution in [2.24, 2.45) is 11.8 Å². The zero-order valence-corrected chi connectivity index (χ0v) is 12.6. The molecule has 1 aliphatic rings. The summed E-state index contributed by atoms with van der Waals surface area (Å²) in [4.78, 5) is 0. The molecule has 1 unspecified atom stereocenters. The zero-order valence-electron chi connectivity index (χ0n) is 12.6. The first kappa shape index (κ1) is 15.2. The summed E-state index contributed by atoms with van der Waals surface area (Å²) in [5.41, 5.74) is 0.602. The fourth-order valence-corrected chi connectivity index (χ4v) is 3.21. The van der Waals surface area contributed by atoms with Gasteiger partial charge in [-0.15, -0.1) is 0 Å². The zero-order chi connectivity index (χ0) is 14.5. The van der Waals surface area contributed by atoms with Crippen LogP contribution in [0.4, 0.5) is 0 Å². The van der Waals surface area contributed by atoms with Gasteiger partial charge in [-0.05, 0) is 43.9 Å². The number of hydrogen-bond donors (Lipinski definition) is 3. The maximum absolute atomic E-state index is 9.84. The summed E-state index contributed by atoms with van der Waals surface area (Å²) in [6, 6.07) is 4.87. The lowest BCUT2D eigenvalue weighted by molar-refractivity contribution is 0.272. The van der Waals surface area contributed by atoms with Crippen LogP contribution in [0.5, 0.6) is 11.5 Å². The molecule has 0 heterocycles. The van der Waals surface area contributed by atoms with Gasteiger partial charge < -0.3 is 15.5 Å². The molecule has 20 heavy (non-hydrogen) atoms. The highest BCUT2D eigenvalue weighted by molar-refractivity contribution is 5.44. The summed E-state index contributed by atoms with van der Waals surface area (Å²) < 4.78 is 0. The van der Waals surface area contributed by atoms with E-state index in [-0.39, 0.29) is 17.5 Å². The molecule has 0 radical (unpaired) electrons. The molecule has 2 rings (SSSR count). The topological polar surface area (TPSA) is 52.5 Å². The van der Waals surface area contributed by atoms with Gasteiger partial charge >= 0.3 is 0 Å². The first-order valence-electron chi connectivity index (χ1n) is 7.82. The molecule has 1 aromatic rings. The van der Waals surface area contributed by atoms with Crippen molar-refractivity contribution in [1.29, 1.82) is 0 Å². The Balaban J connectivity index is 1.79. The molecule has 0 saturated heterocycles. The highest BCUT2D eigenvalue weighted by atomic mass is 16.3. The standard InChI is InChI=1S/C17H27NO2/c1-12-6-8-14(9-7-12)10-11-18-13(2)17-15(19)4-3-5-16(17)20/h3-5,12-14,18-20H,6-11H2,1-2H3. The van der Waals surface area contributed by atoms with Crippen LogP contribution in [0.3, 0.4) is 0 Å². The van der Waals surface area contributed by atoms with E-state index in [0.717, 1.165) is 18.4 Å². The minimum absolute atomic E-state index is 0.0290. The lowest BCUT2D eigenvalue weighted by Gasteiger charge is -2.26. The molecule has 1 saturated carbocycles. The minimum Gasteiger partial charge on any atom is -0.507 e. The van der Waals surface area contributed by atoms with Gasteiger partial charge in [0.15, 0.2) is 0 Å². The van der Waals surface area contributed by atoms with Crippen LogP contribution in [0, 0.1) is 11.8 Å². The van der Waals surface area contributed by atoms with Crippen molar-refractivity contribution in [1.82, 2.24) is 5.32 Å². The van der Waals surface area contributed by atoms with Crippen LogP contribution < -0.4 is 5.32 Å². The Kier molecular flexibility index (Phi) is 5.30. The normalized spacial score (nSPS) is 24.5. The average Bonchev–Trinajstić information content (AvgIpc) is 2.41. The number of rotatable bonds is 5. The number of phenolic OH excluding ortho intramolecular Hbond substituents is 2. The molecule has 3 N–H and O–H groups in total. The number of hydrogen-bond acceptors (Lipinski definition) is 3. The van der Waals surface area contributed by atoms with Crippen molar-refractivity contribution in [2.45, 2.75) is 52.0 Å². The fraction of sp³-hybridized carbons (Fsp3) is 0.647. The Morgan fingerprint density at radius 3 is 2.35 bits per heavy atom. The van der Waals surface area contributed by atoms with E-state index in [1.165, 1.54) is 32.1 Å². The number of aromatic hydroxyl groups is 2. The fourth-order valence-electron chi connectivity index (χ4n) is 3.21. The highest BCUT2D eigenvalue weighted by Gasteiger charge is 2.19. The van der Waals surface area contributed by atoms with E-state index >= 15 is 0 Å². The summed E-state index contributed by atoms with van der Waals surface area (Å²) >= 11 is 0. The van der Waals surface area contributed by atoms with Gasteiger partial charge in [0.25, 0.3) is 0 Å². The van der Waals surface area contributed by atoms with Crippen molar-refractivity contribution in [3.63, 3.8) is 0 Å². The van der Waals surface area contributed by atoms with Crippen LogP contribution in [0.15, 0.2) is 18.2 Å². The van der Waals surface area contributed by atoms with Crippen molar-refractivity contribution in [3.05, 3.63) is 23.8 Å². The Labute approximate surface area is 122 Å². The van der Waals surface area contributed by atoms with Crippen molar-refractivity contribution >= 4 is 0 Å². The Morgan fingerprint density at radius 2 is 1.75 bits per heavy atom. The SMILES string of the molecule is CC1CCC(CCNC(C)c2c(O)cccc2O)CC1. The quantitative estimate of drug-likeness (QED) is 0.763. The molecule has 0 spiro atoms. The molecular weight excluding hydrogens is 250 g/mol. The van der Waals surface area contributed by atoms with E-state index in [0.29, 0.717) is 5.56 Å². The summed E-state index contributed by atoms with van der Waals surface area (Å²) in [5.74, 6) is 2.06. The third-order valence-corrected chi connectivity index (χ3v) is 4.63. The maximum atomic E-state index is 9.84. The summed E-state index contributed by atoms with van der Waals surface area (Å²) in [6.07, 6.45) is 6.60. The second-order valence-electron chi connectivity index (χ2n) is 6.30. The third-order valence-electron chi connectivity index (χ3n) is 4.63. The number of benzene rings is 1. The van der Waals surface area contributed by atoms with Crippen molar-refractivity contribution < 1.29 is 10.2 Å². The van der Waals surface area contributed by atoms with Crippen LogP contribution in [0.2, 0.25) is 0 Å².